The van der Waals surface area contributed by atoms with Crippen LogP contribution in [0.3, 0.4) is 0 Å². The van der Waals surface area contributed by atoms with Gasteiger partial charge in [-0.3, -0.25) is 9.59 Å². The molecule has 2 amide bonds. The zero-order chi connectivity index (χ0) is 21.4. The van der Waals surface area contributed by atoms with Crippen LogP contribution in [0.4, 0.5) is 8.78 Å². The van der Waals surface area contributed by atoms with Crippen LogP contribution >= 0.6 is 0 Å². The quantitative estimate of drug-likeness (QED) is 0.694. The van der Waals surface area contributed by atoms with E-state index in [1.807, 2.05) is 20.8 Å². The highest BCUT2D eigenvalue weighted by molar-refractivity contribution is 5.88. The second-order valence-electron chi connectivity index (χ2n) is 6.98. The fraction of sp³-hybridized carbons (Fsp3) is 0.364. The second kappa shape index (κ2) is 10.5. The topological polar surface area (TPSA) is 58.6 Å². The fourth-order valence-electron chi connectivity index (χ4n) is 2.85. The Bertz CT molecular complexity index is 808. The van der Waals surface area contributed by atoms with E-state index in [9.17, 15) is 18.4 Å². The lowest BCUT2D eigenvalue weighted by Gasteiger charge is -2.31. The van der Waals surface area contributed by atoms with Gasteiger partial charge in [-0.2, -0.15) is 0 Å². The van der Waals surface area contributed by atoms with Crippen LogP contribution in [0.2, 0.25) is 0 Å². The molecule has 2 aromatic rings. The number of rotatable bonds is 9. The van der Waals surface area contributed by atoms with Gasteiger partial charge in [-0.25, -0.2) is 8.78 Å². The Hall–Kier alpha value is -2.96. The first-order chi connectivity index (χ1) is 13.8. The number of nitrogens with one attached hydrogen (secondary N) is 1. The highest BCUT2D eigenvalue weighted by atomic mass is 19.1. The van der Waals surface area contributed by atoms with E-state index >= 15 is 0 Å². The standard InChI is InChI=1S/C22H26F2N2O3/c1-4-20(22(28)25-15(2)3)26(13-16-5-7-17(23)8-6-16)21(27)14-29-19-11-9-18(24)10-12-19/h5-12,15,20H,4,13-14H2,1-3H3,(H,25,28)/t20-/m1/s1. The summed E-state index contributed by atoms with van der Waals surface area (Å²) in [7, 11) is 0. The van der Waals surface area contributed by atoms with Crippen LogP contribution in [-0.4, -0.2) is 35.4 Å². The Morgan fingerprint density at radius 1 is 1.00 bits per heavy atom. The first-order valence-corrected chi connectivity index (χ1v) is 9.52. The van der Waals surface area contributed by atoms with Gasteiger partial charge in [0.15, 0.2) is 6.61 Å². The van der Waals surface area contributed by atoms with Crippen molar-refractivity contribution < 1.29 is 23.1 Å². The lowest BCUT2D eigenvalue weighted by atomic mass is 10.1. The third-order valence-corrected chi connectivity index (χ3v) is 4.26. The number of hydrogen-bond donors (Lipinski definition) is 1. The van der Waals surface area contributed by atoms with Crippen LogP contribution in [0.5, 0.6) is 5.75 Å². The Morgan fingerprint density at radius 3 is 2.07 bits per heavy atom. The lowest BCUT2D eigenvalue weighted by molar-refractivity contribution is -0.143. The molecule has 2 rings (SSSR count). The van der Waals surface area contributed by atoms with Gasteiger partial charge in [0.05, 0.1) is 0 Å². The molecule has 0 unspecified atom stereocenters. The summed E-state index contributed by atoms with van der Waals surface area (Å²) >= 11 is 0. The normalized spacial score (nSPS) is 11.8. The largest absolute Gasteiger partial charge is 0.484 e. The van der Waals surface area contributed by atoms with Crippen molar-refractivity contribution in [3.05, 3.63) is 65.7 Å². The number of hydrogen-bond acceptors (Lipinski definition) is 3. The molecule has 0 heterocycles. The maximum Gasteiger partial charge on any atom is 0.261 e. The number of carbonyl (C=O) groups excluding carboxylic acids is 2. The molecule has 0 aliphatic carbocycles. The van der Waals surface area contributed by atoms with Crippen LogP contribution in [0.1, 0.15) is 32.8 Å². The van der Waals surface area contributed by atoms with E-state index in [0.717, 1.165) is 0 Å². The average molecular weight is 404 g/mol. The maximum absolute atomic E-state index is 13.2. The van der Waals surface area contributed by atoms with Gasteiger partial charge in [-0.15, -0.1) is 0 Å². The predicted octanol–water partition coefficient (Wildman–Crippen LogP) is 3.68. The summed E-state index contributed by atoms with van der Waals surface area (Å²) in [6, 6.07) is 10.3. The summed E-state index contributed by atoms with van der Waals surface area (Å²) in [6.45, 7) is 5.33. The Balaban J connectivity index is 2.18. The average Bonchev–Trinajstić information content (AvgIpc) is 2.68. The molecule has 29 heavy (non-hydrogen) atoms. The number of halogens is 2. The van der Waals surface area contributed by atoms with Crippen molar-refractivity contribution in [3.8, 4) is 5.75 Å². The van der Waals surface area contributed by atoms with Crippen molar-refractivity contribution in [3.63, 3.8) is 0 Å². The van der Waals surface area contributed by atoms with Gasteiger partial charge >= 0.3 is 0 Å². The second-order valence-corrected chi connectivity index (χ2v) is 6.98. The number of benzene rings is 2. The molecule has 0 aromatic heterocycles. The molecule has 1 N–H and O–H groups in total. The Kier molecular flexibility index (Phi) is 8.12. The minimum atomic E-state index is -0.702. The van der Waals surface area contributed by atoms with Gasteiger partial charge in [0.1, 0.15) is 23.4 Å². The monoisotopic (exact) mass is 404 g/mol. The van der Waals surface area contributed by atoms with Crippen molar-refractivity contribution in [2.45, 2.75) is 45.8 Å². The molecule has 0 radical (unpaired) electrons. The highest BCUT2D eigenvalue weighted by Crippen LogP contribution is 2.15. The van der Waals surface area contributed by atoms with E-state index < -0.39 is 17.8 Å². The zero-order valence-corrected chi connectivity index (χ0v) is 16.8. The van der Waals surface area contributed by atoms with Gasteiger partial charge in [0, 0.05) is 12.6 Å². The van der Waals surface area contributed by atoms with Gasteiger partial charge in [-0.1, -0.05) is 19.1 Å². The molecule has 0 aliphatic rings. The summed E-state index contributed by atoms with van der Waals surface area (Å²) in [5.74, 6) is -1.10. The molecule has 5 nitrogen and oxygen atoms in total. The predicted molar refractivity (Wildman–Crippen MR) is 106 cm³/mol. The Morgan fingerprint density at radius 2 is 1.55 bits per heavy atom. The van der Waals surface area contributed by atoms with Crippen LogP contribution in [0.25, 0.3) is 0 Å². The summed E-state index contributed by atoms with van der Waals surface area (Å²) in [5, 5.41) is 2.83. The molecular weight excluding hydrogens is 378 g/mol. The van der Waals surface area contributed by atoms with Crippen LogP contribution in [-0.2, 0) is 16.1 Å². The van der Waals surface area contributed by atoms with Crippen molar-refractivity contribution in [1.29, 1.82) is 0 Å². The number of carbonyl (C=O) groups is 2. The van der Waals surface area contributed by atoms with E-state index in [1.165, 1.54) is 41.3 Å². The SMILES string of the molecule is CC[C@H](C(=O)NC(C)C)N(Cc1ccc(F)cc1)C(=O)COc1ccc(F)cc1. The van der Waals surface area contributed by atoms with E-state index in [1.54, 1.807) is 12.1 Å². The lowest BCUT2D eigenvalue weighted by Crippen LogP contribution is -2.51. The van der Waals surface area contributed by atoms with E-state index in [-0.39, 0.29) is 30.9 Å². The van der Waals surface area contributed by atoms with Crippen LogP contribution in [0.15, 0.2) is 48.5 Å². The smallest absolute Gasteiger partial charge is 0.261 e. The zero-order valence-electron chi connectivity index (χ0n) is 16.8. The van der Waals surface area contributed by atoms with Crippen LogP contribution < -0.4 is 10.1 Å². The molecule has 7 heteroatoms. The molecule has 0 saturated heterocycles. The molecule has 0 fully saturated rings. The Labute approximate surface area is 169 Å². The van der Waals surface area contributed by atoms with Gasteiger partial charge < -0.3 is 15.0 Å². The van der Waals surface area contributed by atoms with Crippen molar-refractivity contribution in [2.75, 3.05) is 6.61 Å². The molecule has 0 bridgehead atoms. The van der Waals surface area contributed by atoms with Gasteiger partial charge in [0.2, 0.25) is 5.91 Å². The number of ether oxygens (including phenoxy) is 1. The first-order valence-electron chi connectivity index (χ1n) is 9.52. The van der Waals surface area contributed by atoms with Crippen molar-refractivity contribution in [1.82, 2.24) is 10.2 Å². The molecule has 0 saturated carbocycles. The van der Waals surface area contributed by atoms with Crippen molar-refractivity contribution in [2.24, 2.45) is 0 Å². The first kappa shape index (κ1) is 22.3. The molecule has 1 atom stereocenters. The summed E-state index contributed by atoms with van der Waals surface area (Å²) in [6.07, 6.45) is 0.405. The summed E-state index contributed by atoms with van der Waals surface area (Å²) in [5.41, 5.74) is 0.692. The highest BCUT2D eigenvalue weighted by Gasteiger charge is 2.29. The molecule has 156 valence electrons. The van der Waals surface area contributed by atoms with Gasteiger partial charge in [-0.05, 0) is 62.2 Å². The van der Waals surface area contributed by atoms with E-state index in [2.05, 4.69) is 5.32 Å². The van der Waals surface area contributed by atoms with Crippen molar-refractivity contribution >= 4 is 11.8 Å². The van der Waals surface area contributed by atoms with E-state index in [0.29, 0.717) is 17.7 Å². The van der Waals surface area contributed by atoms with E-state index in [4.69, 9.17) is 4.74 Å². The molecule has 2 aromatic carbocycles. The molecule has 0 spiro atoms. The fourth-order valence-corrected chi connectivity index (χ4v) is 2.85. The molecule has 0 aliphatic heterocycles. The van der Waals surface area contributed by atoms with Gasteiger partial charge in [0.25, 0.3) is 5.91 Å². The minimum Gasteiger partial charge on any atom is -0.484 e. The third-order valence-electron chi connectivity index (χ3n) is 4.26. The van der Waals surface area contributed by atoms with Crippen LogP contribution in [0, 0.1) is 11.6 Å². The third kappa shape index (κ3) is 6.85. The molecular formula is C22H26F2N2O3. The maximum atomic E-state index is 13.2. The summed E-state index contributed by atoms with van der Waals surface area (Å²) < 4.78 is 31.7. The minimum absolute atomic E-state index is 0.0743. The number of nitrogens with zero attached hydrogens (tertiary/aromatic N) is 1. The summed E-state index contributed by atoms with van der Waals surface area (Å²) in [4.78, 5) is 27.0. The number of amides is 2.